The Balaban J connectivity index is 1.61. The third-order valence-corrected chi connectivity index (χ3v) is 5.68. The molecule has 0 radical (unpaired) electrons. The Morgan fingerprint density at radius 2 is 1.97 bits per heavy atom. The van der Waals surface area contributed by atoms with Gasteiger partial charge in [-0.1, -0.05) is 45.0 Å². The van der Waals surface area contributed by atoms with E-state index >= 15 is 0 Å². The molecule has 0 bridgehead atoms. The molecule has 0 saturated heterocycles. The summed E-state index contributed by atoms with van der Waals surface area (Å²) in [5, 5.41) is 3.00. The molecular formula is C27H37N3O2. The highest BCUT2D eigenvalue weighted by Gasteiger charge is 2.12. The van der Waals surface area contributed by atoms with Crippen molar-refractivity contribution in [2.45, 2.75) is 72.3 Å². The predicted octanol–water partition coefficient (Wildman–Crippen LogP) is 5.79. The standard InChI is InChI=1S/C27H37N3O2/c1-5-10-27(31)28-16-8-13-26-29-23-11-6-7-12-24(23)30(26)17-9-18-32-25-19-21(4)14-15-22(25)20(2)3/h6-7,11-12,14-15,19-20H,5,8-10,13,16-18H2,1-4H3,(H,28,31). The highest BCUT2D eigenvalue weighted by atomic mass is 16.5. The molecule has 0 aliphatic heterocycles. The van der Waals surface area contributed by atoms with Gasteiger partial charge in [-0.05, 0) is 61.4 Å². The summed E-state index contributed by atoms with van der Waals surface area (Å²) in [6.07, 6.45) is 4.11. The van der Waals surface area contributed by atoms with Crippen LogP contribution in [0.2, 0.25) is 0 Å². The molecule has 0 unspecified atom stereocenters. The normalized spacial score (nSPS) is 11.3. The van der Waals surface area contributed by atoms with E-state index in [4.69, 9.17) is 9.72 Å². The van der Waals surface area contributed by atoms with Crippen molar-refractivity contribution in [2.24, 2.45) is 0 Å². The van der Waals surface area contributed by atoms with Crippen LogP contribution in [0.1, 0.15) is 69.3 Å². The van der Waals surface area contributed by atoms with Crippen molar-refractivity contribution in [3.05, 3.63) is 59.4 Å². The van der Waals surface area contributed by atoms with Crippen molar-refractivity contribution in [3.8, 4) is 5.75 Å². The van der Waals surface area contributed by atoms with Crippen LogP contribution in [0.5, 0.6) is 5.75 Å². The number of hydrogen-bond acceptors (Lipinski definition) is 3. The summed E-state index contributed by atoms with van der Waals surface area (Å²) in [4.78, 5) is 16.6. The van der Waals surface area contributed by atoms with Gasteiger partial charge in [-0.25, -0.2) is 4.98 Å². The SMILES string of the molecule is CCCC(=O)NCCCc1nc2ccccc2n1CCCOc1cc(C)ccc1C(C)C. The summed E-state index contributed by atoms with van der Waals surface area (Å²) in [6.45, 7) is 10.7. The Hall–Kier alpha value is -2.82. The summed E-state index contributed by atoms with van der Waals surface area (Å²) < 4.78 is 8.51. The first-order valence-electron chi connectivity index (χ1n) is 11.9. The van der Waals surface area contributed by atoms with Crippen LogP contribution in [0, 0.1) is 6.92 Å². The molecule has 0 saturated carbocycles. The molecule has 0 fully saturated rings. The van der Waals surface area contributed by atoms with E-state index in [1.807, 2.05) is 13.0 Å². The van der Waals surface area contributed by atoms with E-state index in [1.54, 1.807) is 0 Å². The fraction of sp³-hybridized carbons (Fsp3) is 0.481. The van der Waals surface area contributed by atoms with Gasteiger partial charge in [0.05, 0.1) is 17.6 Å². The lowest BCUT2D eigenvalue weighted by atomic mass is 10.0. The number of ether oxygens (including phenoxy) is 1. The van der Waals surface area contributed by atoms with Gasteiger partial charge < -0.3 is 14.6 Å². The summed E-state index contributed by atoms with van der Waals surface area (Å²) in [5.74, 6) is 2.65. The number of amides is 1. The van der Waals surface area contributed by atoms with E-state index in [0.29, 0.717) is 25.5 Å². The number of rotatable bonds is 12. The maximum Gasteiger partial charge on any atom is 0.219 e. The second-order valence-electron chi connectivity index (χ2n) is 8.77. The fourth-order valence-electron chi connectivity index (χ4n) is 4.00. The van der Waals surface area contributed by atoms with Crippen LogP contribution < -0.4 is 10.1 Å². The molecule has 2 aromatic carbocycles. The van der Waals surface area contributed by atoms with Crippen LogP contribution in [0.3, 0.4) is 0 Å². The number of para-hydroxylation sites is 2. The predicted molar refractivity (Wildman–Crippen MR) is 131 cm³/mol. The first-order valence-corrected chi connectivity index (χ1v) is 11.9. The molecule has 172 valence electrons. The minimum atomic E-state index is 0.134. The zero-order valence-electron chi connectivity index (χ0n) is 20.0. The summed E-state index contributed by atoms with van der Waals surface area (Å²) in [6, 6.07) is 14.8. The number of carbonyl (C=O) groups excluding carboxylic acids is 1. The molecule has 5 heteroatoms. The quantitative estimate of drug-likeness (QED) is 0.367. The molecule has 0 spiro atoms. The van der Waals surface area contributed by atoms with Gasteiger partial charge in [-0.15, -0.1) is 0 Å². The molecule has 1 amide bonds. The number of nitrogens with zero attached hydrogens (tertiary/aromatic N) is 2. The van der Waals surface area contributed by atoms with E-state index in [-0.39, 0.29) is 5.91 Å². The molecule has 1 N–H and O–H groups in total. The van der Waals surface area contributed by atoms with Crippen LogP contribution in [-0.4, -0.2) is 28.6 Å². The van der Waals surface area contributed by atoms with Crippen molar-refractivity contribution in [3.63, 3.8) is 0 Å². The molecular weight excluding hydrogens is 398 g/mol. The second kappa shape index (κ2) is 11.7. The maximum atomic E-state index is 11.7. The average molecular weight is 436 g/mol. The number of nitrogens with one attached hydrogen (secondary N) is 1. The van der Waals surface area contributed by atoms with Crippen molar-refractivity contribution in [1.82, 2.24) is 14.9 Å². The highest BCUT2D eigenvalue weighted by molar-refractivity contribution is 5.76. The van der Waals surface area contributed by atoms with Gasteiger partial charge in [-0.3, -0.25) is 4.79 Å². The number of carbonyl (C=O) groups is 1. The molecule has 0 aliphatic rings. The van der Waals surface area contributed by atoms with E-state index < -0.39 is 0 Å². The van der Waals surface area contributed by atoms with Crippen LogP contribution in [0.25, 0.3) is 11.0 Å². The molecule has 3 aromatic rings. The topological polar surface area (TPSA) is 56.2 Å². The first kappa shape index (κ1) is 23.8. The number of hydrogen-bond donors (Lipinski definition) is 1. The van der Waals surface area contributed by atoms with E-state index in [2.05, 4.69) is 67.1 Å². The minimum absolute atomic E-state index is 0.134. The number of aryl methyl sites for hydroxylation is 3. The van der Waals surface area contributed by atoms with Crippen LogP contribution in [-0.2, 0) is 17.8 Å². The third-order valence-electron chi connectivity index (χ3n) is 5.68. The lowest BCUT2D eigenvalue weighted by Crippen LogP contribution is -2.24. The van der Waals surface area contributed by atoms with E-state index in [0.717, 1.165) is 54.8 Å². The van der Waals surface area contributed by atoms with E-state index in [9.17, 15) is 4.79 Å². The lowest BCUT2D eigenvalue weighted by molar-refractivity contribution is -0.121. The molecule has 1 aromatic heterocycles. The maximum absolute atomic E-state index is 11.7. The fourth-order valence-corrected chi connectivity index (χ4v) is 4.00. The van der Waals surface area contributed by atoms with Gasteiger partial charge in [0.1, 0.15) is 11.6 Å². The zero-order valence-corrected chi connectivity index (χ0v) is 20.0. The van der Waals surface area contributed by atoms with Crippen molar-refractivity contribution >= 4 is 16.9 Å². The van der Waals surface area contributed by atoms with Crippen molar-refractivity contribution in [2.75, 3.05) is 13.2 Å². The van der Waals surface area contributed by atoms with Gasteiger partial charge in [0.2, 0.25) is 5.91 Å². The number of imidazole rings is 1. The molecule has 0 atom stereocenters. The number of aromatic nitrogens is 2. The zero-order chi connectivity index (χ0) is 22.9. The summed E-state index contributed by atoms with van der Waals surface area (Å²) in [7, 11) is 0. The van der Waals surface area contributed by atoms with Crippen molar-refractivity contribution < 1.29 is 9.53 Å². The Kier molecular flexibility index (Phi) is 8.72. The largest absolute Gasteiger partial charge is 0.493 e. The van der Waals surface area contributed by atoms with Gasteiger partial charge in [-0.2, -0.15) is 0 Å². The molecule has 3 rings (SSSR count). The second-order valence-corrected chi connectivity index (χ2v) is 8.77. The monoisotopic (exact) mass is 435 g/mol. The van der Waals surface area contributed by atoms with Crippen LogP contribution in [0.4, 0.5) is 0 Å². The Labute approximate surface area is 192 Å². The Bertz CT molecular complexity index is 1020. The van der Waals surface area contributed by atoms with Gasteiger partial charge in [0.15, 0.2) is 0 Å². The summed E-state index contributed by atoms with van der Waals surface area (Å²) in [5.41, 5.74) is 4.67. The lowest BCUT2D eigenvalue weighted by Gasteiger charge is -2.15. The average Bonchev–Trinajstić information content (AvgIpc) is 3.12. The molecule has 0 aliphatic carbocycles. The highest BCUT2D eigenvalue weighted by Crippen LogP contribution is 2.27. The van der Waals surface area contributed by atoms with Gasteiger partial charge in [0, 0.05) is 25.9 Å². The molecule has 5 nitrogen and oxygen atoms in total. The first-order chi connectivity index (χ1) is 15.5. The smallest absolute Gasteiger partial charge is 0.219 e. The van der Waals surface area contributed by atoms with Gasteiger partial charge in [0.25, 0.3) is 0 Å². The number of benzene rings is 2. The van der Waals surface area contributed by atoms with Gasteiger partial charge >= 0.3 is 0 Å². The summed E-state index contributed by atoms with van der Waals surface area (Å²) >= 11 is 0. The minimum Gasteiger partial charge on any atom is -0.493 e. The third kappa shape index (κ3) is 6.35. The Morgan fingerprint density at radius 1 is 1.16 bits per heavy atom. The Morgan fingerprint density at radius 3 is 2.75 bits per heavy atom. The van der Waals surface area contributed by atoms with E-state index in [1.165, 1.54) is 11.1 Å². The van der Waals surface area contributed by atoms with Crippen molar-refractivity contribution in [1.29, 1.82) is 0 Å². The number of fused-ring (bicyclic) bond motifs is 1. The molecule has 32 heavy (non-hydrogen) atoms. The van der Waals surface area contributed by atoms with Crippen LogP contribution >= 0.6 is 0 Å². The molecule has 1 heterocycles. The van der Waals surface area contributed by atoms with Crippen LogP contribution in [0.15, 0.2) is 42.5 Å².